The van der Waals surface area contributed by atoms with Crippen LogP contribution in [0.25, 0.3) is 5.65 Å². The standard InChI is InChI=1S/C17H29N7/c1-5-21(6-2)7-8-22-9-11-23(12-10-22)16-14(3)15(4)20-24-13-18-19-17(16)24/h13H,5-12H2,1-4H3. The molecule has 2 aromatic heterocycles. The highest BCUT2D eigenvalue weighted by Gasteiger charge is 2.22. The fourth-order valence-corrected chi connectivity index (χ4v) is 3.43. The number of nitrogens with zero attached hydrogens (tertiary/aromatic N) is 7. The van der Waals surface area contributed by atoms with E-state index >= 15 is 0 Å². The summed E-state index contributed by atoms with van der Waals surface area (Å²) in [5, 5.41) is 12.8. The second-order valence-corrected chi connectivity index (χ2v) is 6.51. The van der Waals surface area contributed by atoms with Crippen LogP contribution in [0.1, 0.15) is 25.1 Å². The molecule has 1 aliphatic rings. The fraction of sp³-hybridized carbons (Fsp3) is 0.706. The molecule has 132 valence electrons. The molecule has 0 radical (unpaired) electrons. The van der Waals surface area contributed by atoms with Crippen LogP contribution in [-0.4, -0.2) is 82.0 Å². The molecule has 0 spiro atoms. The lowest BCUT2D eigenvalue weighted by atomic mass is 10.1. The maximum absolute atomic E-state index is 4.52. The van der Waals surface area contributed by atoms with E-state index in [4.69, 9.17) is 0 Å². The summed E-state index contributed by atoms with van der Waals surface area (Å²) in [7, 11) is 0. The van der Waals surface area contributed by atoms with Crippen LogP contribution in [0.2, 0.25) is 0 Å². The Hall–Kier alpha value is -1.73. The van der Waals surface area contributed by atoms with Crippen molar-refractivity contribution < 1.29 is 0 Å². The van der Waals surface area contributed by atoms with Gasteiger partial charge in [0.15, 0.2) is 0 Å². The van der Waals surface area contributed by atoms with Gasteiger partial charge >= 0.3 is 0 Å². The average molecular weight is 331 g/mol. The van der Waals surface area contributed by atoms with Gasteiger partial charge in [-0.05, 0) is 32.5 Å². The molecule has 3 rings (SSSR count). The van der Waals surface area contributed by atoms with Gasteiger partial charge in [0.1, 0.15) is 6.33 Å². The van der Waals surface area contributed by atoms with E-state index in [9.17, 15) is 0 Å². The van der Waals surface area contributed by atoms with Gasteiger partial charge in [-0.3, -0.25) is 4.90 Å². The van der Waals surface area contributed by atoms with E-state index in [1.54, 1.807) is 10.8 Å². The second kappa shape index (κ2) is 7.44. The summed E-state index contributed by atoms with van der Waals surface area (Å²) in [6.45, 7) is 17.5. The predicted octanol–water partition coefficient (Wildman–Crippen LogP) is 1.20. The van der Waals surface area contributed by atoms with Crippen LogP contribution in [0.15, 0.2) is 6.33 Å². The highest BCUT2D eigenvalue weighted by molar-refractivity contribution is 5.72. The number of piperazine rings is 1. The van der Waals surface area contributed by atoms with E-state index in [2.05, 4.69) is 57.7 Å². The van der Waals surface area contributed by atoms with E-state index < -0.39 is 0 Å². The van der Waals surface area contributed by atoms with Crippen molar-refractivity contribution in [2.24, 2.45) is 0 Å². The number of hydrogen-bond acceptors (Lipinski definition) is 6. The van der Waals surface area contributed by atoms with Crippen LogP contribution in [0.5, 0.6) is 0 Å². The Kier molecular flexibility index (Phi) is 5.30. The van der Waals surface area contributed by atoms with Crippen LogP contribution in [0.3, 0.4) is 0 Å². The van der Waals surface area contributed by atoms with Crippen LogP contribution < -0.4 is 4.90 Å². The van der Waals surface area contributed by atoms with Crippen molar-refractivity contribution in [2.45, 2.75) is 27.7 Å². The molecule has 3 heterocycles. The Labute approximate surface area is 144 Å². The van der Waals surface area contributed by atoms with Gasteiger partial charge in [0, 0.05) is 39.3 Å². The molecule has 1 saturated heterocycles. The molecule has 1 aliphatic heterocycles. The molecule has 7 nitrogen and oxygen atoms in total. The van der Waals surface area contributed by atoms with Crippen molar-refractivity contribution in [3.63, 3.8) is 0 Å². The first-order valence-electron chi connectivity index (χ1n) is 9.00. The van der Waals surface area contributed by atoms with Crippen molar-refractivity contribution in [1.29, 1.82) is 0 Å². The number of aromatic nitrogens is 4. The Balaban J connectivity index is 1.67. The number of aryl methyl sites for hydroxylation is 1. The molecule has 0 amide bonds. The first kappa shape index (κ1) is 17.1. The lowest BCUT2D eigenvalue weighted by Crippen LogP contribution is -2.48. The van der Waals surface area contributed by atoms with E-state index in [0.29, 0.717) is 0 Å². The average Bonchev–Trinajstić information content (AvgIpc) is 3.05. The summed E-state index contributed by atoms with van der Waals surface area (Å²) < 4.78 is 1.80. The van der Waals surface area contributed by atoms with Gasteiger partial charge in [-0.15, -0.1) is 10.2 Å². The fourth-order valence-electron chi connectivity index (χ4n) is 3.43. The molecule has 24 heavy (non-hydrogen) atoms. The van der Waals surface area contributed by atoms with E-state index in [1.165, 1.54) is 11.3 Å². The molecule has 0 saturated carbocycles. The van der Waals surface area contributed by atoms with E-state index in [0.717, 1.165) is 63.7 Å². The molecule has 0 unspecified atom stereocenters. The maximum Gasteiger partial charge on any atom is 0.201 e. The SMILES string of the molecule is CCN(CC)CCN1CCN(c2c(C)c(C)nn3cnnc23)CC1. The van der Waals surface area contributed by atoms with Crippen molar-refractivity contribution in [2.75, 3.05) is 57.3 Å². The summed E-state index contributed by atoms with van der Waals surface area (Å²) in [6.07, 6.45) is 1.69. The zero-order valence-electron chi connectivity index (χ0n) is 15.4. The minimum Gasteiger partial charge on any atom is -0.366 e. The molecule has 7 heteroatoms. The summed E-state index contributed by atoms with van der Waals surface area (Å²) in [5.41, 5.74) is 4.33. The molecule has 0 aliphatic carbocycles. The monoisotopic (exact) mass is 331 g/mol. The Morgan fingerprint density at radius 1 is 1.08 bits per heavy atom. The molecule has 0 N–H and O–H groups in total. The van der Waals surface area contributed by atoms with Crippen molar-refractivity contribution in [3.8, 4) is 0 Å². The minimum atomic E-state index is 0.870. The number of hydrogen-bond donors (Lipinski definition) is 0. The number of fused-ring (bicyclic) bond motifs is 1. The zero-order chi connectivity index (χ0) is 17.1. The van der Waals surface area contributed by atoms with Gasteiger partial charge in [-0.25, -0.2) is 0 Å². The topological polar surface area (TPSA) is 52.8 Å². The Bertz CT molecular complexity index is 669. The largest absolute Gasteiger partial charge is 0.366 e. The molecular weight excluding hydrogens is 302 g/mol. The Morgan fingerprint density at radius 2 is 1.79 bits per heavy atom. The quantitative estimate of drug-likeness (QED) is 0.793. The first-order chi connectivity index (χ1) is 11.6. The maximum atomic E-state index is 4.52. The number of rotatable bonds is 6. The molecule has 1 fully saturated rings. The summed E-state index contributed by atoms with van der Waals surface area (Å²) >= 11 is 0. The summed E-state index contributed by atoms with van der Waals surface area (Å²) in [6, 6.07) is 0. The number of anilines is 1. The van der Waals surface area contributed by atoms with Gasteiger partial charge in [0.05, 0.1) is 11.4 Å². The third kappa shape index (κ3) is 3.37. The van der Waals surface area contributed by atoms with Crippen LogP contribution in [0.4, 0.5) is 5.69 Å². The van der Waals surface area contributed by atoms with Gasteiger partial charge < -0.3 is 9.80 Å². The summed E-state index contributed by atoms with van der Waals surface area (Å²) in [5.74, 6) is 0. The predicted molar refractivity (Wildman–Crippen MR) is 96.7 cm³/mol. The van der Waals surface area contributed by atoms with Gasteiger partial charge in [-0.2, -0.15) is 9.61 Å². The minimum absolute atomic E-state index is 0.870. The third-order valence-electron chi connectivity index (χ3n) is 5.21. The lowest BCUT2D eigenvalue weighted by molar-refractivity contribution is 0.206. The van der Waals surface area contributed by atoms with Crippen molar-refractivity contribution in [1.82, 2.24) is 29.6 Å². The van der Waals surface area contributed by atoms with Gasteiger partial charge in [0.25, 0.3) is 0 Å². The highest BCUT2D eigenvalue weighted by atomic mass is 15.4. The molecular formula is C17H29N7. The second-order valence-electron chi connectivity index (χ2n) is 6.51. The first-order valence-corrected chi connectivity index (χ1v) is 9.00. The van der Waals surface area contributed by atoms with Crippen LogP contribution in [0, 0.1) is 13.8 Å². The van der Waals surface area contributed by atoms with E-state index in [1.807, 2.05) is 0 Å². The Morgan fingerprint density at radius 3 is 2.46 bits per heavy atom. The molecule has 2 aromatic rings. The van der Waals surface area contributed by atoms with Crippen LogP contribution in [-0.2, 0) is 0 Å². The highest BCUT2D eigenvalue weighted by Crippen LogP contribution is 2.26. The normalized spacial score (nSPS) is 16.5. The summed E-state index contributed by atoms with van der Waals surface area (Å²) in [4.78, 5) is 7.50. The number of likely N-dealkylation sites (N-methyl/N-ethyl adjacent to an activating group) is 1. The van der Waals surface area contributed by atoms with Crippen LogP contribution >= 0.6 is 0 Å². The van der Waals surface area contributed by atoms with Gasteiger partial charge in [-0.1, -0.05) is 13.8 Å². The molecule has 0 aromatic carbocycles. The smallest absolute Gasteiger partial charge is 0.201 e. The van der Waals surface area contributed by atoms with Gasteiger partial charge in [0.2, 0.25) is 5.65 Å². The lowest BCUT2D eigenvalue weighted by Gasteiger charge is -2.37. The molecule has 0 atom stereocenters. The van der Waals surface area contributed by atoms with Crippen molar-refractivity contribution in [3.05, 3.63) is 17.6 Å². The molecule has 0 bridgehead atoms. The third-order valence-corrected chi connectivity index (χ3v) is 5.21. The van der Waals surface area contributed by atoms with Crippen molar-refractivity contribution >= 4 is 11.3 Å². The van der Waals surface area contributed by atoms with E-state index in [-0.39, 0.29) is 0 Å². The zero-order valence-corrected chi connectivity index (χ0v) is 15.4.